The maximum absolute atomic E-state index is 12.2. The molecule has 0 amide bonds. The second-order valence-corrected chi connectivity index (χ2v) is 7.22. The first-order chi connectivity index (χ1) is 10.5. The Labute approximate surface area is 137 Å². The van der Waals surface area contributed by atoms with Crippen LogP contribution in [0.15, 0.2) is 41.2 Å². The van der Waals surface area contributed by atoms with Gasteiger partial charge in [-0.1, -0.05) is 23.7 Å². The van der Waals surface area contributed by atoms with Gasteiger partial charge in [-0.3, -0.25) is 4.79 Å². The lowest BCUT2D eigenvalue weighted by atomic mass is 10.2. The fourth-order valence-corrected chi connectivity index (χ4v) is 3.60. The number of thiophene rings is 1. The highest BCUT2D eigenvalue weighted by atomic mass is 35.5. The van der Waals surface area contributed by atoms with E-state index in [1.807, 2.05) is 30.3 Å². The number of nitrogens with one attached hydrogen (secondary N) is 2. The molecule has 0 radical (unpaired) electrons. The number of rotatable bonds is 4. The zero-order chi connectivity index (χ0) is 15.7. The summed E-state index contributed by atoms with van der Waals surface area (Å²) in [5, 5.41) is 0.626. The molecule has 0 spiro atoms. The Morgan fingerprint density at radius 3 is 2.82 bits per heavy atom. The molecule has 1 aromatic carbocycles. The molecule has 0 saturated carbocycles. The largest absolute Gasteiger partial charge is 0.324 e. The van der Waals surface area contributed by atoms with E-state index in [-0.39, 0.29) is 11.6 Å². The minimum Gasteiger partial charge on any atom is -0.324 e. The van der Waals surface area contributed by atoms with Gasteiger partial charge in [0.05, 0.1) is 27.2 Å². The lowest BCUT2D eigenvalue weighted by molar-refractivity contribution is -0.924. The molecule has 2 N–H and O–H groups in total. The van der Waals surface area contributed by atoms with Crippen LogP contribution in [0.3, 0.4) is 0 Å². The highest BCUT2D eigenvalue weighted by Crippen LogP contribution is 2.20. The van der Waals surface area contributed by atoms with Gasteiger partial charge in [-0.15, -0.1) is 11.3 Å². The van der Waals surface area contributed by atoms with Gasteiger partial charge in [0.15, 0.2) is 5.82 Å². The van der Waals surface area contributed by atoms with Crippen LogP contribution in [0.2, 0.25) is 4.34 Å². The van der Waals surface area contributed by atoms with E-state index in [4.69, 9.17) is 11.6 Å². The average molecular weight is 335 g/mol. The molecule has 3 aromatic rings. The molecule has 0 fully saturated rings. The minimum atomic E-state index is -0.0839. The van der Waals surface area contributed by atoms with Crippen LogP contribution < -0.4 is 10.5 Å². The number of hydrogen-bond donors (Lipinski definition) is 2. The summed E-state index contributed by atoms with van der Waals surface area (Å²) in [6.45, 7) is 2.91. The Morgan fingerprint density at radius 2 is 2.09 bits per heavy atom. The molecule has 4 nitrogen and oxygen atoms in total. The van der Waals surface area contributed by atoms with Gasteiger partial charge in [-0.2, -0.15) is 0 Å². The van der Waals surface area contributed by atoms with Crippen molar-refractivity contribution in [3.63, 3.8) is 0 Å². The zero-order valence-electron chi connectivity index (χ0n) is 12.4. The number of quaternary nitrogens is 1. The summed E-state index contributed by atoms with van der Waals surface area (Å²) in [4.78, 5) is 22.2. The number of para-hydroxylation sites is 1. The van der Waals surface area contributed by atoms with Crippen molar-refractivity contribution in [1.29, 1.82) is 0 Å². The summed E-state index contributed by atoms with van der Waals surface area (Å²) in [5.41, 5.74) is 0.652. The molecule has 0 aliphatic rings. The van der Waals surface area contributed by atoms with Gasteiger partial charge in [-0.05, 0) is 31.2 Å². The van der Waals surface area contributed by atoms with E-state index in [2.05, 4.69) is 23.9 Å². The highest BCUT2D eigenvalue weighted by molar-refractivity contribution is 7.16. The van der Waals surface area contributed by atoms with Gasteiger partial charge in [0, 0.05) is 0 Å². The van der Waals surface area contributed by atoms with Crippen LogP contribution in [0.5, 0.6) is 0 Å². The van der Waals surface area contributed by atoms with Crippen molar-refractivity contribution in [2.24, 2.45) is 0 Å². The molecule has 22 heavy (non-hydrogen) atoms. The van der Waals surface area contributed by atoms with E-state index in [0.29, 0.717) is 11.2 Å². The van der Waals surface area contributed by atoms with E-state index in [1.54, 1.807) is 17.4 Å². The summed E-state index contributed by atoms with van der Waals surface area (Å²) in [5.74, 6) is 0.712. The first-order valence-electron chi connectivity index (χ1n) is 7.10. The molecule has 2 heterocycles. The molecule has 0 saturated heterocycles. The number of aromatic nitrogens is 2. The molecular formula is C16H17ClN3OS+. The first-order valence-corrected chi connectivity index (χ1v) is 8.29. The molecule has 0 aliphatic heterocycles. The van der Waals surface area contributed by atoms with Gasteiger partial charge in [-0.25, -0.2) is 4.98 Å². The van der Waals surface area contributed by atoms with Gasteiger partial charge in [0.1, 0.15) is 12.6 Å². The fourth-order valence-electron chi connectivity index (χ4n) is 2.42. The molecule has 0 aliphatic carbocycles. The Bertz CT molecular complexity index is 858. The van der Waals surface area contributed by atoms with E-state index in [1.165, 1.54) is 9.78 Å². The number of hydrogen-bond acceptors (Lipinski definition) is 3. The summed E-state index contributed by atoms with van der Waals surface area (Å²) in [6, 6.07) is 11.4. The van der Waals surface area contributed by atoms with Crippen molar-refractivity contribution in [2.45, 2.75) is 19.5 Å². The number of benzene rings is 1. The molecular weight excluding hydrogens is 318 g/mol. The molecule has 0 bridgehead atoms. The number of nitrogens with zero attached hydrogens (tertiary/aromatic N) is 1. The molecule has 6 heteroatoms. The third-order valence-electron chi connectivity index (χ3n) is 3.86. The normalized spacial score (nSPS) is 14.1. The van der Waals surface area contributed by atoms with Crippen LogP contribution in [0, 0.1) is 0 Å². The van der Waals surface area contributed by atoms with Crippen LogP contribution in [-0.4, -0.2) is 17.0 Å². The average Bonchev–Trinajstić information content (AvgIpc) is 2.91. The molecule has 114 valence electrons. The third-order valence-corrected chi connectivity index (χ3v) is 5.09. The Kier molecular flexibility index (Phi) is 4.29. The van der Waals surface area contributed by atoms with Crippen molar-refractivity contribution in [3.8, 4) is 0 Å². The van der Waals surface area contributed by atoms with Crippen molar-refractivity contribution in [1.82, 2.24) is 9.97 Å². The van der Waals surface area contributed by atoms with Gasteiger partial charge in [0.25, 0.3) is 5.56 Å². The Balaban J connectivity index is 1.88. The SMILES string of the molecule is C[C@H](c1nc2ccccc2c(=O)[nH]1)[NH+](C)Cc1ccc(Cl)s1. The van der Waals surface area contributed by atoms with Crippen molar-refractivity contribution in [2.75, 3.05) is 7.05 Å². The van der Waals surface area contributed by atoms with E-state index in [9.17, 15) is 4.79 Å². The summed E-state index contributed by atoms with van der Waals surface area (Å²) in [7, 11) is 2.09. The predicted molar refractivity (Wildman–Crippen MR) is 90.7 cm³/mol. The summed E-state index contributed by atoms with van der Waals surface area (Å²) >= 11 is 7.56. The second-order valence-electron chi connectivity index (χ2n) is 5.42. The quantitative estimate of drug-likeness (QED) is 0.770. The highest BCUT2D eigenvalue weighted by Gasteiger charge is 2.19. The zero-order valence-corrected chi connectivity index (χ0v) is 14.0. The molecule has 2 aromatic heterocycles. The topological polar surface area (TPSA) is 50.2 Å². The Morgan fingerprint density at radius 1 is 1.32 bits per heavy atom. The third kappa shape index (κ3) is 3.06. The fraction of sp³-hybridized carbons (Fsp3) is 0.250. The van der Waals surface area contributed by atoms with E-state index < -0.39 is 0 Å². The van der Waals surface area contributed by atoms with Crippen LogP contribution in [0.1, 0.15) is 23.7 Å². The van der Waals surface area contributed by atoms with Crippen LogP contribution in [0.25, 0.3) is 10.9 Å². The minimum absolute atomic E-state index is 0.0816. The summed E-state index contributed by atoms with van der Waals surface area (Å²) < 4.78 is 0.799. The maximum Gasteiger partial charge on any atom is 0.258 e. The second kappa shape index (κ2) is 6.20. The van der Waals surface area contributed by atoms with Crippen molar-refractivity contribution >= 4 is 33.8 Å². The van der Waals surface area contributed by atoms with E-state index in [0.717, 1.165) is 16.4 Å². The predicted octanol–water partition coefficient (Wildman–Crippen LogP) is 2.41. The number of aromatic amines is 1. The van der Waals surface area contributed by atoms with Gasteiger partial charge < -0.3 is 9.88 Å². The van der Waals surface area contributed by atoms with Crippen molar-refractivity contribution < 1.29 is 4.90 Å². The molecule has 1 unspecified atom stereocenters. The van der Waals surface area contributed by atoms with Gasteiger partial charge >= 0.3 is 0 Å². The van der Waals surface area contributed by atoms with Crippen LogP contribution in [-0.2, 0) is 6.54 Å². The number of halogens is 1. The van der Waals surface area contributed by atoms with E-state index >= 15 is 0 Å². The van der Waals surface area contributed by atoms with Crippen molar-refractivity contribution in [3.05, 3.63) is 61.8 Å². The molecule has 3 rings (SSSR count). The van der Waals surface area contributed by atoms with Crippen LogP contribution in [0.4, 0.5) is 0 Å². The van der Waals surface area contributed by atoms with Crippen LogP contribution >= 0.6 is 22.9 Å². The lowest BCUT2D eigenvalue weighted by Gasteiger charge is -2.20. The first kappa shape index (κ1) is 15.2. The Hall–Kier alpha value is -1.69. The van der Waals surface area contributed by atoms with Gasteiger partial charge in [0.2, 0.25) is 0 Å². The number of fused-ring (bicyclic) bond motifs is 1. The smallest absolute Gasteiger partial charge is 0.258 e. The molecule has 2 atom stereocenters. The summed E-state index contributed by atoms with van der Waals surface area (Å²) in [6.07, 6.45) is 0. The number of H-pyrrole nitrogens is 1. The monoisotopic (exact) mass is 334 g/mol. The maximum atomic E-state index is 12.2. The standard InChI is InChI=1S/C16H16ClN3OS/c1-10(20(2)9-11-7-8-14(17)22-11)15-18-13-6-4-3-5-12(13)16(21)19-15/h3-8,10H,9H2,1-2H3,(H,18,19,21)/p+1/t10-/m1/s1. The lowest BCUT2D eigenvalue weighted by Crippen LogP contribution is -3.07.